The number of aliphatic hydroxyl groups is 1. The van der Waals surface area contributed by atoms with Crippen LogP contribution in [0.15, 0.2) is 0 Å². The number of hydrogen-bond acceptors (Lipinski definition) is 5. The van der Waals surface area contributed by atoms with E-state index >= 15 is 0 Å². The molecule has 0 bridgehead atoms. The van der Waals surface area contributed by atoms with Crippen LogP contribution in [0.3, 0.4) is 0 Å². The van der Waals surface area contributed by atoms with Crippen molar-refractivity contribution in [3.63, 3.8) is 0 Å². The summed E-state index contributed by atoms with van der Waals surface area (Å²) in [5, 5.41) is 20.0. The van der Waals surface area contributed by atoms with Crippen LogP contribution < -0.4 is 16.8 Å². The summed E-state index contributed by atoms with van der Waals surface area (Å²) in [5.41, 5.74) is 10.2. The fourth-order valence-corrected chi connectivity index (χ4v) is 1.03. The molecule has 3 atom stereocenters. The molecule has 98 valence electrons. The minimum atomic E-state index is -1.29. The molecule has 0 aromatic heterocycles. The van der Waals surface area contributed by atoms with E-state index in [9.17, 15) is 14.4 Å². The van der Waals surface area contributed by atoms with E-state index < -0.39 is 36.0 Å². The summed E-state index contributed by atoms with van der Waals surface area (Å²) < 4.78 is 0. The van der Waals surface area contributed by atoms with Crippen LogP contribution in [0, 0.1) is 0 Å². The van der Waals surface area contributed by atoms with E-state index in [4.69, 9.17) is 21.7 Å². The van der Waals surface area contributed by atoms with Crippen molar-refractivity contribution in [2.45, 2.75) is 38.0 Å². The van der Waals surface area contributed by atoms with Gasteiger partial charge < -0.3 is 27.0 Å². The molecule has 0 saturated carbocycles. The number of carbonyl (C=O) groups excluding carboxylic acids is 2. The number of aliphatic carboxylic acids is 1. The first kappa shape index (κ1) is 15.3. The van der Waals surface area contributed by atoms with E-state index in [1.807, 2.05) is 0 Å². The lowest BCUT2D eigenvalue weighted by Gasteiger charge is -2.18. The molecule has 0 saturated heterocycles. The molecule has 0 aliphatic rings. The maximum atomic E-state index is 11.4. The highest BCUT2D eigenvalue weighted by Gasteiger charge is 2.25. The first-order chi connectivity index (χ1) is 7.75. The number of rotatable bonds is 7. The third-order valence-corrected chi connectivity index (χ3v) is 2.12. The van der Waals surface area contributed by atoms with Crippen molar-refractivity contribution in [3.8, 4) is 0 Å². The first-order valence-corrected chi connectivity index (χ1v) is 5.00. The third-order valence-electron chi connectivity index (χ3n) is 2.12. The number of carboxylic acid groups (broad SMARTS) is 1. The van der Waals surface area contributed by atoms with Crippen molar-refractivity contribution in [1.29, 1.82) is 0 Å². The second-order valence-electron chi connectivity index (χ2n) is 3.67. The Morgan fingerprint density at radius 2 is 1.88 bits per heavy atom. The average molecular weight is 247 g/mol. The molecule has 17 heavy (non-hydrogen) atoms. The molecule has 0 fully saturated rings. The Morgan fingerprint density at radius 1 is 1.35 bits per heavy atom. The minimum absolute atomic E-state index is 0.122. The topological polar surface area (TPSA) is 156 Å². The van der Waals surface area contributed by atoms with Crippen LogP contribution in [-0.2, 0) is 14.4 Å². The van der Waals surface area contributed by atoms with Gasteiger partial charge in [0.1, 0.15) is 12.1 Å². The van der Waals surface area contributed by atoms with Crippen molar-refractivity contribution < 1.29 is 24.6 Å². The lowest BCUT2D eigenvalue weighted by atomic mass is 10.1. The monoisotopic (exact) mass is 247 g/mol. The molecule has 0 rings (SSSR count). The predicted molar refractivity (Wildman–Crippen MR) is 57.7 cm³/mol. The van der Waals surface area contributed by atoms with E-state index in [2.05, 4.69) is 5.32 Å². The lowest BCUT2D eigenvalue weighted by molar-refractivity contribution is -0.142. The summed E-state index contributed by atoms with van der Waals surface area (Å²) in [6, 6.07) is -2.47. The molecule has 0 spiro atoms. The van der Waals surface area contributed by atoms with Crippen LogP contribution >= 0.6 is 0 Å². The molecule has 0 aromatic carbocycles. The fraction of sp³-hybridized carbons (Fsp3) is 0.667. The molecule has 2 amide bonds. The van der Waals surface area contributed by atoms with Crippen LogP contribution in [0.5, 0.6) is 0 Å². The van der Waals surface area contributed by atoms with E-state index in [0.717, 1.165) is 0 Å². The van der Waals surface area contributed by atoms with Crippen molar-refractivity contribution in [2.24, 2.45) is 11.5 Å². The Hall–Kier alpha value is -1.67. The van der Waals surface area contributed by atoms with Crippen molar-refractivity contribution >= 4 is 17.8 Å². The van der Waals surface area contributed by atoms with Gasteiger partial charge in [0.05, 0.1) is 6.10 Å². The highest BCUT2D eigenvalue weighted by Crippen LogP contribution is 1.99. The van der Waals surface area contributed by atoms with Crippen LogP contribution in [0.4, 0.5) is 0 Å². The number of nitrogens with one attached hydrogen (secondary N) is 1. The zero-order chi connectivity index (χ0) is 13.6. The van der Waals surface area contributed by atoms with E-state index in [-0.39, 0.29) is 12.8 Å². The van der Waals surface area contributed by atoms with Gasteiger partial charge in [0.25, 0.3) is 0 Å². The third kappa shape index (κ3) is 5.83. The Labute approximate surface area is 98.0 Å². The molecule has 8 heteroatoms. The smallest absolute Gasteiger partial charge is 0.326 e. The van der Waals surface area contributed by atoms with E-state index in [1.165, 1.54) is 6.92 Å². The van der Waals surface area contributed by atoms with Gasteiger partial charge in [0.15, 0.2) is 0 Å². The quantitative estimate of drug-likeness (QED) is 0.335. The average Bonchev–Trinajstić information content (AvgIpc) is 2.21. The Balaban J connectivity index is 4.39. The fourth-order valence-electron chi connectivity index (χ4n) is 1.03. The van der Waals surface area contributed by atoms with Gasteiger partial charge in [-0.2, -0.15) is 0 Å². The van der Waals surface area contributed by atoms with Crippen molar-refractivity contribution in [2.75, 3.05) is 0 Å². The van der Waals surface area contributed by atoms with Crippen molar-refractivity contribution in [3.05, 3.63) is 0 Å². The number of primary amides is 1. The molecular formula is C9H17N3O5. The number of aliphatic hydroxyl groups excluding tert-OH is 1. The summed E-state index contributed by atoms with van der Waals surface area (Å²) in [5.74, 6) is -2.75. The molecule has 0 unspecified atom stereocenters. The van der Waals surface area contributed by atoms with Crippen LogP contribution in [-0.4, -0.2) is 46.2 Å². The highest BCUT2D eigenvalue weighted by molar-refractivity contribution is 5.87. The van der Waals surface area contributed by atoms with Gasteiger partial charge in [0.2, 0.25) is 11.8 Å². The highest BCUT2D eigenvalue weighted by atomic mass is 16.4. The zero-order valence-corrected chi connectivity index (χ0v) is 9.42. The molecule has 7 N–H and O–H groups in total. The molecule has 0 heterocycles. The molecular weight excluding hydrogens is 230 g/mol. The molecule has 8 nitrogen and oxygen atoms in total. The van der Waals surface area contributed by atoms with Gasteiger partial charge in [-0.15, -0.1) is 0 Å². The second-order valence-corrected chi connectivity index (χ2v) is 3.67. The van der Waals surface area contributed by atoms with Gasteiger partial charge >= 0.3 is 5.97 Å². The Bertz CT molecular complexity index is 305. The SMILES string of the molecule is C[C@@H](O)[C@H](N)C(=O)N[C@H](CCC(N)=O)C(=O)O. The predicted octanol–water partition coefficient (Wildman–Crippen LogP) is -2.47. The van der Waals surface area contributed by atoms with E-state index in [0.29, 0.717) is 0 Å². The summed E-state index contributed by atoms with van der Waals surface area (Å²) in [6.45, 7) is 1.31. The molecule has 0 aliphatic carbocycles. The number of hydrogen-bond donors (Lipinski definition) is 5. The lowest BCUT2D eigenvalue weighted by Crippen LogP contribution is -2.52. The van der Waals surface area contributed by atoms with Crippen molar-refractivity contribution in [1.82, 2.24) is 5.32 Å². The first-order valence-electron chi connectivity index (χ1n) is 5.00. The number of amides is 2. The van der Waals surface area contributed by atoms with Crippen LogP contribution in [0.1, 0.15) is 19.8 Å². The number of carbonyl (C=O) groups is 3. The van der Waals surface area contributed by atoms with Gasteiger partial charge in [-0.1, -0.05) is 0 Å². The standard InChI is InChI=1S/C9H17N3O5/c1-4(13)7(11)8(15)12-5(9(16)17)2-3-6(10)14/h4-5,7,13H,2-3,11H2,1H3,(H2,10,14)(H,12,15)(H,16,17)/t4-,5-,7+/m1/s1. The summed E-state index contributed by atoms with van der Waals surface area (Å²) >= 11 is 0. The Morgan fingerprint density at radius 3 is 2.24 bits per heavy atom. The summed E-state index contributed by atoms with van der Waals surface area (Å²) in [4.78, 5) is 32.6. The van der Waals surface area contributed by atoms with Gasteiger partial charge in [-0.25, -0.2) is 4.79 Å². The molecule has 0 radical (unpaired) electrons. The summed E-state index contributed by atoms with van der Waals surface area (Å²) in [7, 11) is 0. The van der Waals surface area contributed by atoms with Gasteiger partial charge in [0, 0.05) is 6.42 Å². The zero-order valence-electron chi connectivity index (χ0n) is 9.42. The maximum absolute atomic E-state index is 11.4. The normalized spacial score (nSPS) is 15.7. The summed E-state index contributed by atoms with van der Waals surface area (Å²) in [6.07, 6.45) is -1.38. The van der Waals surface area contributed by atoms with E-state index in [1.54, 1.807) is 0 Å². The largest absolute Gasteiger partial charge is 0.480 e. The van der Waals surface area contributed by atoms with Gasteiger partial charge in [-0.3, -0.25) is 9.59 Å². The molecule has 0 aliphatic heterocycles. The number of carboxylic acids is 1. The maximum Gasteiger partial charge on any atom is 0.326 e. The van der Waals surface area contributed by atoms with Crippen LogP contribution in [0.25, 0.3) is 0 Å². The second kappa shape index (κ2) is 6.81. The number of nitrogens with two attached hydrogens (primary N) is 2. The molecule has 0 aromatic rings. The Kier molecular flexibility index (Phi) is 6.15. The van der Waals surface area contributed by atoms with Crippen LogP contribution in [0.2, 0.25) is 0 Å². The minimum Gasteiger partial charge on any atom is -0.480 e. The van der Waals surface area contributed by atoms with Gasteiger partial charge in [-0.05, 0) is 13.3 Å².